The Kier molecular flexibility index (Phi) is 4.20. The van der Waals surface area contributed by atoms with Crippen molar-refractivity contribution in [1.29, 1.82) is 0 Å². The number of ether oxygens (including phenoxy) is 2. The van der Waals surface area contributed by atoms with Crippen LogP contribution in [0.3, 0.4) is 0 Å². The van der Waals surface area contributed by atoms with Crippen LogP contribution in [0.4, 0.5) is 5.69 Å². The molecular weight excluding hydrogens is 308 g/mol. The molecule has 1 amide bonds. The highest BCUT2D eigenvalue weighted by Crippen LogP contribution is 2.27. The van der Waals surface area contributed by atoms with Crippen molar-refractivity contribution in [3.05, 3.63) is 59.6 Å². The van der Waals surface area contributed by atoms with E-state index in [1.165, 1.54) is 0 Å². The fourth-order valence-corrected chi connectivity index (χ4v) is 2.38. The number of hydrogen-bond acceptors (Lipinski definition) is 5. The first-order valence-electron chi connectivity index (χ1n) is 7.22. The molecule has 3 rings (SSSR count). The van der Waals surface area contributed by atoms with E-state index in [0.29, 0.717) is 28.2 Å². The minimum absolute atomic E-state index is 0.101. The maximum atomic E-state index is 11.8. The summed E-state index contributed by atoms with van der Waals surface area (Å²) < 4.78 is 16.4. The van der Waals surface area contributed by atoms with Gasteiger partial charge in [-0.1, -0.05) is 24.3 Å². The number of fused-ring (bicyclic) bond motifs is 1. The first-order valence-corrected chi connectivity index (χ1v) is 7.22. The normalized spacial score (nSPS) is 11.5. The average Bonchev–Trinajstić information content (AvgIpc) is 2.61. The molecule has 2 N–H and O–H groups in total. The molecule has 2 aromatic carbocycles. The number of primary amides is 1. The molecule has 0 aliphatic rings. The second kappa shape index (κ2) is 6.45. The SMILES string of the molecule is COc1ccccc1N=c1oc2c(OC)cccc2cc1C(N)=O. The average molecular weight is 324 g/mol. The minimum atomic E-state index is -0.628. The van der Waals surface area contributed by atoms with Crippen molar-refractivity contribution in [3.63, 3.8) is 0 Å². The molecule has 0 aliphatic heterocycles. The molecule has 122 valence electrons. The lowest BCUT2D eigenvalue weighted by Crippen LogP contribution is -2.21. The van der Waals surface area contributed by atoms with Crippen LogP contribution in [-0.2, 0) is 0 Å². The number of hydrogen-bond donors (Lipinski definition) is 1. The molecule has 0 fully saturated rings. The van der Waals surface area contributed by atoms with Gasteiger partial charge in [0.15, 0.2) is 11.3 Å². The summed E-state index contributed by atoms with van der Waals surface area (Å²) in [6.07, 6.45) is 0. The van der Waals surface area contributed by atoms with Crippen molar-refractivity contribution < 1.29 is 18.7 Å². The van der Waals surface area contributed by atoms with Gasteiger partial charge in [0.05, 0.1) is 14.2 Å². The fraction of sp³-hybridized carbons (Fsp3) is 0.111. The quantitative estimate of drug-likeness (QED) is 0.799. The van der Waals surface area contributed by atoms with Gasteiger partial charge < -0.3 is 19.6 Å². The Morgan fingerprint density at radius 1 is 1.04 bits per heavy atom. The maximum absolute atomic E-state index is 11.8. The Hall–Kier alpha value is -3.28. The van der Waals surface area contributed by atoms with Gasteiger partial charge in [0, 0.05) is 5.39 Å². The van der Waals surface area contributed by atoms with E-state index < -0.39 is 5.91 Å². The lowest BCUT2D eigenvalue weighted by atomic mass is 10.1. The Morgan fingerprint density at radius 2 is 1.75 bits per heavy atom. The molecule has 0 saturated carbocycles. The van der Waals surface area contributed by atoms with Crippen molar-refractivity contribution in [2.45, 2.75) is 0 Å². The lowest BCUT2D eigenvalue weighted by Gasteiger charge is -2.07. The molecule has 3 aromatic rings. The molecule has 6 nitrogen and oxygen atoms in total. The van der Waals surface area contributed by atoms with Crippen LogP contribution in [0.25, 0.3) is 11.0 Å². The van der Waals surface area contributed by atoms with Gasteiger partial charge in [0.25, 0.3) is 5.91 Å². The van der Waals surface area contributed by atoms with Crippen molar-refractivity contribution in [1.82, 2.24) is 0 Å². The topological polar surface area (TPSA) is 87.1 Å². The summed E-state index contributed by atoms with van der Waals surface area (Å²) in [7, 11) is 3.09. The zero-order valence-corrected chi connectivity index (χ0v) is 13.3. The zero-order chi connectivity index (χ0) is 17.1. The summed E-state index contributed by atoms with van der Waals surface area (Å²) in [4.78, 5) is 16.2. The highest BCUT2D eigenvalue weighted by Gasteiger charge is 2.12. The molecule has 0 bridgehead atoms. The molecule has 0 spiro atoms. The van der Waals surface area contributed by atoms with Crippen LogP contribution < -0.4 is 20.8 Å². The van der Waals surface area contributed by atoms with E-state index in [-0.39, 0.29) is 11.1 Å². The van der Waals surface area contributed by atoms with Crippen LogP contribution in [0.15, 0.2) is 57.9 Å². The summed E-state index contributed by atoms with van der Waals surface area (Å²) >= 11 is 0. The van der Waals surface area contributed by atoms with E-state index in [4.69, 9.17) is 19.6 Å². The number of nitrogens with zero attached hydrogens (tertiary/aromatic N) is 1. The van der Waals surface area contributed by atoms with Gasteiger partial charge in [0.1, 0.15) is 17.0 Å². The number of rotatable bonds is 4. The van der Waals surface area contributed by atoms with Crippen molar-refractivity contribution >= 4 is 22.6 Å². The van der Waals surface area contributed by atoms with E-state index in [1.807, 2.05) is 12.1 Å². The number of carbonyl (C=O) groups excluding carboxylic acids is 1. The molecular formula is C18H16N2O4. The van der Waals surface area contributed by atoms with Gasteiger partial charge in [0.2, 0.25) is 5.55 Å². The predicted molar refractivity (Wildman–Crippen MR) is 89.5 cm³/mol. The molecule has 1 aromatic heterocycles. The van der Waals surface area contributed by atoms with E-state index >= 15 is 0 Å². The number of amides is 1. The number of para-hydroxylation sites is 3. The van der Waals surface area contributed by atoms with Crippen LogP contribution in [0.2, 0.25) is 0 Å². The zero-order valence-electron chi connectivity index (χ0n) is 13.3. The molecule has 1 heterocycles. The Labute approximate surface area is 138 Å². The lowest BCUT2D eigenvalue weighted by molar-refractivity contribution is 0.0996. The van der Waals surface area contributed by atoms with Gasteiger partial charge >= 0.3 is 0 Å². The Balaban J connectivity index is 2.34. The van der Waals surface area contributed by atoms with E-state index in [0.717, 1.165) is 0 Å². The van der Waals surface area contributed by atoms with Gasteiger partial charge in [-0.3, -0.25) is 4.79 Å². The number of carbonyl (C=O) groups is 1. The maximum Gasteiger partial charge on any atom is 0.254 e. The first-order chi connectivity index (χ1) is 11.6. The largest absolute Gasteiger partial charge is 0.494 e. The summed E-state index contributed by atoms with van der Waals surface area (Å²) in [5.74, 6) is 0.473. The van der Waals surface area contributed by atoms with Crippen molar-refractivity contribution in [2.75, 3.05) is 14.2 Å². The second-order valence-electron chi connectivity index (χ2n) is 4.99. The Morgan fingerprint density at radius 3 is 2.46 bits per heavy atom. The van der Waals surface area contributed by atoms with Crippen LogP contribution in [-0.4, -0.2) is 20.1 Å². The summed E-state index contributed by atoms with van der Waals surface area (Å²) in [6, 6.07) is 14.2. The first kappa shape index (κ1) is 15.6. The van der Waals surface area contributed by atoms with Crippen molar-refractivity contribution in [3.8, 4) is 11.5 Å². The number of methoxy groups -OCH3 is 2. The third kappa shape index (κ3) is 2.81. The molecule has 6 heteroatoms. The molecule has 0 unspecified atom stereocenters. The molecule has 0 atom stereocenters. The molecule has 0 aliphatic carbocycles. The summed E-state index contributed by atoms with van der Waals surface area (Å²) in [5.41, 5.74) is 6.78. The van der Waals surface area contributed by atoms with E-state index in [1.54, 1.807) is 50.6 Å². The Bertz CT molecular complexity index is 976. The van der Waals surface area contributed by atoms with Gasteiger partial charge in [-0.25, -0.2) is 4.99 Å². The molecule has 0 radical (unpaired) electrons. The van der Waals surface area contributed by atoms with Gasteiger partial charge in [-0.2, -0.15) is 0 Å². The minimum Gasteiger partial charge on any atom is -0.494 e. The van der Waals surface area contributed by atoms with Crippen LogP contribution in [0.1, 0.15) is 10.4 Å². The second-order valence-corrected chi connectivity index (χ2v) is 4.99. The van der Waals surface area contributed by atoms with Gasteiger partial charge in [-0.15, -0.1) is 0 Å². The summed E-state index contributed by atoms with van der Waals surface area (Å²) in [5, 5.41) is 0.696. The van der Waals surface area contributed by atoms with Crippen LogP contribution in [0.5, 0.6) is 11.5 Å². The fourth-order valence-electron chi connectivity index (χ4n) is 2.38. The van der Waals surface area contributed by atoms with E-state index in [9.17, 15) is 4.79 Å². The van der Waals surface area contributed by atoms with Crippen LogP contribution >= 0.6 is 0 Å². The van der Waals surface area contributed by atoms with Gasteiger partial charge in [-0.05, 0) is 24.3 Å². The standard InChI is InChI=1S/C18H16N2O4/c1-22-14-8-4-3-7-13(14)20-18-12(17(19)21)10-11-6-5-9-15(23-2)16(11)24-18/h3-10H,1-2H3,(H2,19,21). The summed E-state index contributed by atoms with van der Waals surface area (Å²) in [6.45, 7) is 0. The third-order valence-electron chi connectivity index (χ3n) is 3.53. The highest BCUT2D eigenvalue weighted by molar-refractivity contribution is 5.96. The monoisotopic (exact) mass is 324 g/mol. The molecule has 24 heavy (non-hydrogen) atoms. The predicted octanol–water partition coefficient (Wildman–Crippen LogP) is 2.78. The smallest absolute Gasteiger partial charge is 0.254 e. The van der Waals surface area contributed by atoms with E-state index in [2.05, 4.69) is 4.99 Å². The highest BCUT2D eigenvalue weighted by atomic mass is 16.5. The van der Waals surface area contributed by atoms with Crippen LogP contribution in [0, 0.1) is 0 Å². The molecule has 0 saturated heterocycles. The number of benzene rings is 2. The number of nitrogens with two attached hydrogens (primary N) is 1. The third-order valence-corrected chi connectivity index (χ3v) is 3.53. The van der Waals surface area contributed by atoms with Crippen molar-refractivity contribution in [2.24, 2.45) is 10.7 Å².